The van der Waals surface area contributed by atoms with Gasteiger partial charge >= 0.3 is 0 Å². The first-order valence-electron chi connectivity index (χ1n) is 6.88. The van der Waals surface area contributed by atoms with Crippen molar-refractivity contribution in [1.29, 1.82) is 0 Å². The SMILES string of the molecule is NC(=O)C(CO)CS(=O)(=O)c1ccc(Sc2ccccc2)cc1. The van der Waals surface area contributed by atoms with Gasteiger partial charge < -0.3 is 10.8 Å². The minimum Gasteiger partial charge on any atom is -0.396 e. The van der Waals surface area contributed by atoms with E-state index in [1.807, 2.05) is 30.3 Å². The molecule has 0 bridgehead atoms. The molecule has 0 saturated heterocycles. The average molecular weight is 351 g/mol. The Kier molecular flexibility index (Phi) is 5.81. The maximum absolute atomic E-state index is 12.2. The van der Waals surface area contributed by atoms with Crippen molar-refractivity contribution in [3.8, 4) is 0 Å². The number of sulfone groups is 1. The molecule has 1 amide bonds. The van der Waals surface area contributed by atoms with Crippen molar-refractivity contribution in [2.24, 2.45) is 11.7 Å². The highest BCUT2D eigenvalue weighted by molar-refractivity contribution is 7.99. The number of carbonyl (C=O) groups excluding carboxylic acids is 1. The van der Waals surface area contributed by atoms with Gasteiger partial charge in [0.2, 0.25) is 5.91 Å². The first kappa shape index (κ1) is 17.5. The molecule has 0 aromatic heterocycles. The van der Waals surface area contributed by atoms with Crippen LogP contribution in [0.1, 0.15) is 0 Å². The van der Waals surface area contributed by atoms with Crippen molar-refractivity contribution in [1.82, 2.24) is 0 Å². The van der Waals surface area contributed by atoms with Crippen LogP contribution in [-0.2, 0) is 14.6 Å². The third-order valence-electron chi connectivity index (χ3n) is 3.21. The number of benzene rings is 2. The van der Waals surface area contributed by atoms with Gasteiger partial charge in [-0.2, -0.15) is 0 Å². The third-order valence-corrected chi connectivity index (χ3v) is 6.05. The molecule has 1 atom stereocenters. The van der Waals surface area contributed by atoms with Crippen LogP contribution in [0.25, 0.3) is 0 Å². The molecule has 2 aromatic rings. The Labute approximate surface area is 139 Å². The van der Waals surface area contributed by atoms with Crippen LogP contribution in [0, 0.1) is 5.92 Å². The molecule has 3 N–H and O–H groups in total. The van der Waals surface area contributed by atoms with Crippen molar-refractivity contribution in [2.45, 2.75) is 14.7 Å². The highest BCUT2D eigenvalue weighted by Crippen LogP contribution is 2.28. The Bertz CT molecular complexity index is 758. The number of amides is 1. The van der Waals surface area contributed by atoms with Gasteiger partial charge in [0.1, 0.15) is 0 Å². The second-order valence-corrected chi connectivity index (χ2v) is 8.13. The van der Waals surface area contributed by atoms with Crippen molar-refractivity contribution in [2.75, 3.05) is 12.4 Å². The Balaban J connectivity index is 2.13. The maximum Gasteiger partial charge on any atom is 0.223 e. The van der Waals surface area contributed by atoms with E-state index in [1.165, 1.54) is 23.9 Å². The Hall–Kier alpha value is -1.83. The molecule has 0 saturated carbocycles. The smallest absolute Gasteiger partial charge is 0.223 e. The second kappa shape index (κ2) is 7.63. The zero-order valence-corrected chi connectivity index (χ0v) is 13.9. The van der Waals surface area contributed by atoms with E-state index in [0.717, 1.165) is 9.79 Å². The predicted octanol–water partition coefficient (Wildman–Crippen LogP) is 1.71. The van der Waals surface area contributed by atoms with Gasteiger partial charge in [-0.05, 0) is 36.4 Å². The summed E-state index contributed by atoms with van der Waals surface area (Å²) >= 11 is 1.52. The molecule has 0 aliphatic heterocycles. The Morgan fingerprint density at radius 1 is 1.04 bits per heavy atom. The van der Waals surface area contributed by atoms with Crippen LogP contribution < -0.4 is 5.73 Å². The first-order valence-corrected chi connectivity index (χ1v) is 9.35. The standard InChI is InChI=1S/C16H17NO4S2/c17-16(19)12(10-18)11-23(20,21)15-8-6-14(7-9-15)22-13-4-2-1-3-5-13/h1-9,12,18H,10-11H2,(H2,17,19). The molecule has 122 valence electrons. The largest absolute Gasteiger partial charge is 0.396 e. The lowest BCUT2D eigenvalue weighted by Gasteiger charge is -2.11. The third kappa shape index (κ3) is 4.82. The van der Waals surface area contributed by atoms with E-state index < -0.39 is 34.0 Å². The molecule has 0 spiro atoms. The van der Waals surface area contributed by atoms with Crippen LogP contribution in [0.5, 0.6) is 0 Å². The number of hydrogen-bond donors (Lipinski definition) is 2. The van der Waals surface area contributed by atoms with Gasteiger partial charge in [-0.3, -0.25) is 4.79 Å². The van der Waals surface area contributed by atoms with Crippen molar-refractivity contribution in [3.05, 3.63) is 54.6 Å². The molecule has 23 heavy (non-hydrogen) atoms. The summed E-state index contributed by atoms with van der Waals surface area (Å²) in [6, 6.07) is 16.1. The number of rotatable bonds is 7. The van der Waals surface area contributed by atoms with E-state index in [0.29, 0.717) is 0 Å². The van der Waals surface area contributed by atoms with Gasteiger partial charge in [0.05, 0.1) is 23.2 Å². The molecule has 5 nitrogen and oxygen atoms in total. The zero-order valence-electron chi connectivity index (χ0n) is 12.3. The Morgan fingerprint density at radius 2 is 1.61 bits per heavy atom. The van der Waals surface area contributed by atoms with Gasteiger partial charge in [0, 0.05) is 9.79 Å². The van der Waals surface area contributed by atoms with Crippen molar-refractivity contribution < 1.29 is 18.3 Å². The molecular weight excluding hydrogens is 334 g/mol. The number of carbonyl (C=O) groups is 1. The molecule has 2 rings (SSSR count). The molecule has 2 aromatic carbocycles. The molecule has 0 fully saturated rings. The summed E-state index contributed by atoms with van der Waals surface area (Å²) in [6.45, 7) is -0.587. The Morgan fingerprint density at radius 3 is 2.13 bits per heavy atom. The molecule has 0 aliphatic rings. The summed E-state index contributed by atoms with van der Waals surface area (Å²) in [4.78, 5) is 13.2. The van der Waals surface area contributed by atoms with Crippen molar-refractivity contribution in [3.63, 3.8) is 0 Å². The van der Waals surface area contributed by atoms with Crippen LogP contribution in [0.3, 0.4) is 0 Å². The highest BCUT2D eigenvalue weighted by Gasteiger charge is 2.24. The molecule has 7 heteroatoms. The van der Waals surface area contributed by atoms with E-state index in [9.17, 15) is 13.2 Å². The van der Waals surface area contributed by atoms with E-state index in [2.05, 4.69) is 0 Å². The lowest BCUT2D eigenvalue weighted by atomic mass is 10.2. The lowest BCUT2D eigenvalue weighted by molar-refractivity contribution is -0.122. The van der Waals surface area contributed by atoms with Crippen molar-refractivity contribution >= 4 is 27.5 Å². The maximum atomic E-state index is 12.2. The van der Waals surface area contributed by atoms with Gasteiger partial charge in [-0.25, -0.2) is 8.42 Å². The summed E-state index contributed by atoms with van der Waals surface area (Å²) in [5.41, 5.74) is 5.08. The van der Waals surface area contributed by atoms with E-state index in [-0.39, 0.29) is 4.90 Å². The van der Waals surface area contributed by atoms with Crippen LogP contribution in [0.2, 0.25) is 0 Å². The minimum atomic E-state index is -3.68. The fraction of sp³-hybridized carbons (Fsp3) is 0.188. The van der Waals surface area contributed by atoms with Gasteiger partial charge in [-0.1, -0.05) is 30.0 Å². The molecular formula is C16H17NO4S2. The monoisotopic (exact) mass is 351 g/mol. The minimum absolute atomic E-state index is 0.106. The van der Waals surface area contributed by atoms with E-state index in [1.54, 1.807) is 12.1 Å². The number of aliphatic hydroxyl groups excluding tert-OH is 1. The summed E-state index contributed by atoms with van der Waals surface area (Å²) < 4.78 is 24.5. The number of hydrogen-bond acceptors (Lipinski definition) is 5. The van der Waals surface area contributed by atoms with Crippen LogP contribution in [0.15, 0.2) is 69.3 Å². The first-order chi connectivity index (χ1) is 10.9. The molecule has 0 aliphatic carbocycles. The number of primary amides is 1. The van der Waals surface area contributed by atoms with Crippen LogP contribution >= 0.6 is 11.8 Å². The zero-order chi connectivity index (χ0) is 16.9. The predicted molar refractivity (Wildman–Crippen MR) is 88.8 cm³/mol. The molecule has 0 radical (unpaired) electrons. The quantitative estimate of drug-likeness (QED) is 0.791. The van der Waals surface area contributed by atoms with Gasteiger partial charge in [0.15, 0.2) is 9.84 Å². The van der Waals surface area contributed by atoms with Gasteiger partial charge in [0.25, 0.3) is 0 Å². The van der Waals surface area contributed by atoms with Crippen LogP contribution in [-0.4, -0.2) is 31.8 Å². The average Bonchev–Trinajstić information content (AvgIpc) is 2.54. The normalized spacial score (nSPS) is 12.7. The molecule has 1 unspecified atom stereocenters. The number of aliphatic hydroxyl groups is 1. The fourth-order valence-corrected chi connectivity index (χ4v) is 4.31. The highest BCUT2D eigenvalue weighted by atomic mass is 32.2. The van der Waals surface area contributed by atoms with Gasteiger partial charge in [-0.15, -0.1) is 0 Å². The topological polar surface area (TPSA) is 97.5 Å². The molecule has 0 heterocycles. The fourth-order valence-electron chi connectivity index (χ4n) is 1.93. The lowest BCUT2D eigenvalue weighted by Crippen LogP contribution is -2.32. The number of nitrogens with two attached hydrogens (primary N) is 1. The van der Waals surface area contributed by atoms with Crippen LogP contribution in [0.4, 0.5) is 0 Å². The summed E-state index contributed by atoms with van der Waals surface area (Å²) in [5.74, 6) is -2.42. The summed E-state index contributed by atoms with van der Waals surface area (Å²) in [6.07, 6.45) is 0. The van der Waals surface area contributed by atoms with E-state index in [4.69, 9.17) is 10.8 Å². The van der Waals surface area contributed by atoms with E-state index >= 15 is 0 Å². The summed E-state index contributed by atoms with van der Waals surface area (Å²) in [5, 5.41) is 9.05. The summed E-state index contributed by atoms with van der Waals surface area (Å²) in [7, 11) is -3.68. The second-order valence-electron chi connectivity index (χ2n) is 4.95.